The van der Waals surface area contributed by atoms with Gasteiger partial charge in [0.1, 0.15) is 11.5 Å². The highest BCUT2D eigenvalue weighted by Gasteiger charge is 2.49. The second-order valence-electron chi connectivity index (χ2n) is 8.95. The third-order valence-electron chi connectivity index (χ3n) is 6.42. The smallest absolute Gasteiger partial charge is 0.295 e. The fourth-order valence-electron chi connectivity index (χ4n) is 4.88. The number of ether oxygens (including phenoxy) is 3. The molecule has 0 bridgehead atoms. The first kappa shape index (κ1) is 23.7. The van der Waals surface area contributed by atoms with Crippen molar-refractivity contribution in [2.75, 3.05) is 14.2 Å². The zero-order valence-electron chi connectivity index (χ0n) is 20.0. The number of likely N-dealkylation sites (tertiary alicyclic amines) is 1. The molecule has 1 aliphatic carbocycles. The molecule has 0 aromatic heterocycles. The van der Waals surface area contributed by atoms with Crippen molar-refractivity contribution in [2.45, 2.75) is 57.7 Å². The molecule has 2 fully saturated rings. The lowest BCUT2D eigenvalue weighted by Crippen LogP contribution is -2.37. The fraction of sp³-hybridized carbons (Fsp3) is 0.407. The fourth-order valence-corrected chi connectivity index (χ4v) is 4.88. The maximum Gasteiger partial charge on any atom is 0.295 e. The van der Waals surface area contributed by atoms with E-state index in [0.717, 1.165) is 25.7 Å². The van der Waals surface area contributed by atoms with Crippen molar-refractivity contribution >= 4 is 17.4 Å². The van der Waals surface area contributed by atoms with E-state index in [2.05, 4.69) is 0 Å². The number of aliphatic hydroxyl groups excluding tert-OH is 1. The molecule has 1 atom stereocenters. The van der Waals surface area contributed by atoms with Crippen LogP contribution in [0.3, 0.4) is 0 Å². The number of hydrogen-bond acceptors (Lipinski definition) is 6. The molecule has 7 heteroatoms. The molecule has 1 saturated carbocycles. The predicted molar refractivity (Wildman–Crippen MR) is 128 cm³/mol. The van der Waals surface area contributed by atoms with Gasteiger partial charge in [0, 0.05) is 11.6 Å². The lowest BCUT2D eigenvalue weighted by Gasteiger charge is -2.31. The summed E-state index contributed by atoms with van der Waals surface area (Å²) in [6.07, 6.45) is 3.69. The first-order chi connectivity index (χ1) is 16.3. The van der Waals surface area contributed by atoms with Gasteiger partial charge in [-0.25, -0.2) is 0 Å². The molecule has 0 spiro atoms. The number of hydrogen-bond donors (Lipinski definition) is 1. The van der Waals surface area contributed by atoms with Crippen LogP contribution in [0.15, 0.2) is 48.0 Å². The molecule has 1 N–H and O–H groups in total. The van der Waals surface area contributed by atoms with Crippen molar-refractivity contribution < 1.29 is 28.9 Å². The predicted octanol–water partition coefficient (Wildman–Crippen LogP) is 4.86. The van der Waals surface area contributed by atoms with Crippen LogP contribution >= 0.6 is 0 Å². The summed E-state index contributed by atoms with van der Waals surface area (Å²) in [5.41, 5.74) is 1.22. The molecule has 34 heavy (non-hydrogen) atoms. The average molecular weight is 466 g/mol. The SMILES string of the molecule is COc1ccc(C2/C(=C(/O)c3ccc(OC(C)C)cc3)C(=O)C(=O)N2C2CCCC2)cc1OC. The van der Waals surface area contributed by atoms with Gasteiger partial charge in [0.2, 0.25) is 0 Å². The molecule has 7 nitrogen and oxygen atoms in total. The van der Waals surface area contributed by atoms with E-state index in [1.165, 1.54) is 7.11 Å². The zero-order chi connectivity index (χ0) is 24.4. The van der Waals surface area contributed by atoms with Crippen LogP contribution in [0.2, 0.25) is 0 Å². The number of ketones is 1. The number of amides is 1. The zero-order valence-corrected chi connectivity index (χ0v) is 20.0. The molecular weight excluding hydrogens is 434 g/mol. The monoisotopic (exact) mass is 465 g/mol. The normalized spacial score (nSPS) is 20.3. The van der Waals surface area contributed by atoms with Crippen LogP contribution in [0, 0.1) is 0 Å². The van der Waals surface area contributed by atoms with Gasteiger partial charge in [-0.15, -0.1) is 0 Å². The number of methoxy groups -OCH3 is 2. The number of aliphatic hydroxyl groups is 1. The molecule has 1 saturated heterocycles. The van der Waals surface area contributed by atoms with Crippen molar-refractivity contribution in [1.29, 1.82) is 0 Å². The Kier molecular flexibility index (Phi) is 6.82. The summed E-state index contributed by atoms with van der Waals surface area (Å²) in [4.78, 5) is 28.2. The molecule has 2 aromatic rings. The Hall–Kier alpha value is -3.48. The number of rotatable bonds is 7. The maximum absolute atomic E-state index is 13.3. The molecular formula is C27H31NO6. The van der Waals surface area contributed by atoms with E-state index in [9.17, 15) is 14.7 Å². The molecule has 1 heterocycles. The Balaban J connectivity index is 1.83. The highest BCUT2D eigenvalue weighted by atomic mass is 16.5. The number of nitrogens with zero attached hydrogens (tertiary/aromatic N) is 1. The van der Waals surface area contributed by atoms with Gasteiger partial charge in [0.25, 0.3) is 11.7 Å². The summed E-state index contributed by atoms with van der Waals surface area (Å²) in [7, 11) is 3.09. The van der Waals surface area contributed by atoms with E-state index < -0.39 is 17.7 Å². The van der Waals surface area contributed by atoms with Gasteiger partial charge in [-0.2, -0.15) is 0 Å². The minimum Gasteiger partial charge on any atom is -0.507 e. The van der Waals surface area contributed by atoms with E-state index in [4.69, 9.17) is 14.2 Å². The van der Waals surface area contributed by atoms with Crippen LogP contribution in [-0.4, -0.2) is 48.1 Å². The molecule has 0 radical (unpaired) electrons. The summed E-state index contributed by atoms with van der Waals surface area (Å²) in [6, 6.07) is 11.4. The van der Waals surface area contributed by atoms with Gasteiger partial charge in [-0.05, 0) is 68.7 Å². The number of carbonyl (C=O) groups is 2. The van der Waals surface area contributed by atoms with Crippen molar-refractivity contribution in [3.8, 4) is 17.2 Å². The summed E-state index contributed by atoms with van der Waals surface area (Å²) in [5, 5.41) is 11.3. The van der Waals surface area contributed by atoms with Crippen LogP contribution in [0.25, 0.3) is 5.76 Å². The second-order valence-corrected chi connectivity index (χ2v) is 8.95. The summed E-state index contributed by atoms with van der Waals surface area (Å²) < 4.78 is 16.5. The number of carbonyl (C=O) groups excluding carboxylic acids is 2. The van der Waals surface area contributed by atoms with Crippen LogP contribution in [0.1, 0.15) is 56.7 Å². The Morgan fingerprint density at radius 3 is 2.21 bits per heavy atom. The highest BCUT2D eigenvalue weighted by Crippen LogP contribution is 2.45. The maximum atomic E-state index is 13.3. The first-order valence-corrected chi connectivity index (χ1v) is 11.6. The van der Waals surface area contributed by atoms with Gasteiger partial charge < -0.3 is 24.2 Å². The first-order valence-electron chi connectivity index (χ1n) is 11.6. The van der Waals surface area contributed by atoms with E-state index >= 15 is 0 Å². The molecule has 1 amide bonds. The molecule has 1 unspecified atom stereocenters. The van der Waals surface area contributed by atoms with Crippen LogP contribution < -0.4 is 14.2 Å². The van der Waals surface area contributed by atoms with Crippen LogP contribution in [0.5, 0.6) is 17.2 Å². The Morgan fingerprint density at radius 1 is 0.971 bits per heavy atom. The van der Waals surface area contributed by atoms with Gasteiger partial charge in [0.05, 0.1) is 31.9 Å². The van der Waals surface area contributed by atoms with Crippen LogP contribution in [-0.2, 0) is 9.59 Å². The van der Waals surface area contributed by atoms with Crippen LogP contribution in [0.4, 0.5) is 0 Å². The van der Waals surface area contributed by atoms with Gasteiger partial charge in [-0.3, -0.25) is 9.59 Å². The summed E-state index contributed by atoms with van der Waals surface area (Å²) in [5.74, 6) is 0.251. The number of benzene rings is 2. The van der Waals surface area contributed by atoms with Gasteiger partial charge in [0.15, 0.2) is 11.5 Å². The minimum absolute atomic E-state index is 0.0150. The standard InChI is InChI=1S/C27H31NO6/c1-16(2)34-20-12-9-17(10-13-20)25(29)23-24(18-11-14-21(32-3)22(15-18)33-4)28(27(31)26(23)30)19-7-5-6-8-19/h9-16,19,24,29H,5-8H2,1-4H3/b25-23-. The van der Waals surface area contributed by atoms with Crippen molar-refractivity contribution in [3.05, 3.63) is 59.2 Å². The van der Waals surface area contributed by atoms with Crippen molar-refractivity contribution in [2.24, 2.45) is 0 Å². The van der Waals surface area contributed by atoms with E-state index in [-0.39, 0.29) is 23.5 Å². The van der Waals surface area contributed by atoms with E-state index in [1.54, 1.807) is 48.4 Å². The Labute approximate surface area is 199 Å². The highest BCUT2D eigenvalue weighted by molar-refractivity contribution is 6.46. The van der Waals surface area contributed by atoms with Gasteiger partial charge >= 0.3 is 0 Å². The Bertz CT molecular complexity index is 1100. The second kappa shape index (κ2) is 9.79. The van der Waals surface area contributed by atoms with E-state index in [1.807, 2.05) is 19.9 Å². The third kappa shape index (κ3) is 4.34. The lowest BCUT2D eigenvalue weighted by atomic mass is 9.94. The number of Topliss-reactive ketones (excluding diaryl/α,β-unsaturated/α-hetero) is 1. The lowest BCUT2D eigenvalue weighted by molar-refractivity contribution is -0.141. The van der Waals surface area contributed by atoms with Gasteiger partial charge in [-0.1, -0.05) is 18.9 Å². The van der Waals surface area contributed by atoms with Crippen molar-refractivity contribution in [1.82, 2.24) is 4.90 Å². The molecule has 2 aliphatic rings. The largest absolute Gasteiger partial charge is 0.507 e. The van der Waals surface area contributed by atoms with E-state index in [0.29, 0.717) is 28.4 Å². The minimum atomic E-state index is -0.713. The Morgan fingerprint density at radius 2 is 1.62 bits per heavy atom. The third-order valence-corrected chi connectivity index (χ3v) is 6.42. The summed E-state index contributed by atoms with van der Waals surface area (Å²) >= 11 is 0. The average Bonchev–Trinajstić information content (AvgIpc) is 3.45. The molecule has 2 aromatic carbocycles. The summed E-state index contributed by atoms with van der Waals surface area (Å²) in [6.45, 7) is 3.86. The molecule has 4 rings (SSSR count). The topological polar surface area (TPSA) is 85.3 Å². The van der Waals surface area contributed by atoms with Crippen molar-refractivity contribution in [3.63, 3.8) is 0 Å². The molecule has 1 aliphatic heterocycles. The quantitative estimate of drug-likeness (QED) is 0.357. The molecule has 180 valence electrons.